The maximum Gasteiger partial charge on any atom is 0.123 e. The highest BCUT2D eigenvalue weighted by Crippen LogP contribution is 2.34. The van der Waals surface area contributed by atoms with E-state index >= 15 is 0 Å². The number of hydrogen-bond acceptors (Lipinski definition) is 3. The van der Waals surface area contributed by atoms with Crippen LogP contribution in [-0.4, -0.2) is 12.6 Å². The van der Waals surface area contributed by atoms with Crippen molar-refractivity contribution in [1.29, 1.82) is 0 Å². The summed E-state index contributed by atoms with van der Waals surface area (Å²) in [5, 5.41) is 5.83. The summed E-state index contributed by atoms with van der Waals surface area (Å²) >= 11 is 1.87. The molecule has 2 nitrogen and oxygen atoms in total. The Morgan fingerprint density at radius 1 is 1.33 bits per heavy atom. The van der Waals surface area contributed by atoms with E-state index in [-0.39, 0.29) is 11.9 Å². The summed E-state index contributed by atoms with van der Waals surface area (Å²) in [5.74, 6) is 0.657. The Hall–Kier alpha value is -1.39. The molecule has 0 radical (unpaired) electrons. The molecule has 1 aromatic heterocycles. The monoisotopic (exact) mass is 303 g/mol. The van der Waals surface area contributed by atoms with Crippen molar-refractivity contribution < 1.29 is 9.13 Å². The number of aryl methyl sites for hydroxylation is 1. The Bertz CT molecular complexity index is 654. The molecule has 2 aliphatic rings. The Morgan fingerprint density at radius 2 is 2.29 bits per heavy atom. The number of rotatable bonds is 3. The van der Waals surface area contributed by atoms with Crippen LogP contribution in [0.15, 0.2) is 29.6 Å². The molecule has 0 spiro atoms. The van der Waals surface area contributed by atoms with Gasteiger partial charge in [0.05, 0.1) is 0 Å². The maximum absolute atomic E-state index is 13.2. The minimum atomic E-state index is -0.179. The summed E-state index contributed by atoms with van der Waals surface area (Å²) < 4.78 is 19.1. The third-order valence-corrected chi connectivity index (χ3v) is 5.40. The second-order valence-electron chi connectivity index (χ2n) is 5.85. The number of nitrogens with one attached hydrogen (secondary N) is 1. The van der Waals surface area contributed by atoms with Gasteiger partial charge in [0.2, 0.25) is 0 Å². The van der Waals surface area contributed by atoms with Crippen LogP contribution in [-0.2, 0) is 12.8 Å². The molecule has 0 amide bonds. The lowest BCUT2D eigenvalue weighted by molar-refractivity contribution is 0.219. The van der Waals surface area contributed by atoms with Gasteiger partial charge in [-0.15, -0.1) is 11.3 Å². The number of thiophene rings is 1. The van der Waals surface area contributed by atoms with E-state index in [0.717, 1.165) is 24.3 Å². The van der Waals surface area contributed by atoms with Crippen LogP contribution in [0.2, 0.25) is 0 Å². The molecular weight excluding hydrogens is 285 g/mol. The molecule has 2 heterocycles. The van der Waals surface area contributed by atoms with Gasteiger partial charge < -0.3 is 10.1 Å². The van der Waals surface area contributed by atoms with Gasteiger partial charge in [0.15, 0.2) is 0 Å². The van der Waals surface area contributed by atoms with Crippen molar-refractivity contribution >= 4 is 11.3 Å². The molecule has 0 bridgehead atoms. The topological polar surface area (TPSA) is 21.3 Å². The summed E-state index contributed by atoms with van der Waals surface area (Å²) in [6, 6.07) is 7.49. The zero-order chi connectivity index (χ0) is 14.2. The first-order valence-electron chi connectivity index (χ1n) is 7.54. The lowest BCUT2D eigenvalue weighted by Crippen LogP contribution is -2.34. The van der Waals surface area contributed by atoms with E-state index in [9.17, 15) is 4.39 Å². The van der Waals surface area contributed by atoms with E-state index in [0.29, 0.717) is 6.04 Å². The smallest absolute Gasteiger partial charge is 0.123 e. The number of halogens is 1. The van der Waals surface area contributed by atoms with Crippen molar-refractivity contribution in [2.45, 2.75) is 37.8 Å². The zero-order valence-electron chi connectivity index (χ0n) is 11.8. The lowest BCUT2D eigenvalue weighted by Gasteiger charge is -2.25. The van der Waals surface area contributed by atoms with Gasteiger partial charge in [-0.25, -0.2) is 4.39 Å². The van der Waals surface area contributed by atoms with Gasteiger partial charge in [-0.05, 0) is 54.5 Å². The largest absolute Gasteiger partial charge is 0.488 e. The molecule has 1 aliphatic heterocycles. The zero-order valence-corrected chi connectivity index (χ0v) is 12.6. The second-order valence-corrected chi connectivity index (χ2v) is 6.85. The van der Waals surface area contributed by atoms with Crippen molar-refractivity contribution in [3.63, 3.8) is 0 Å². The standard InChI is InChI=1S/C17H18FNOS/c18-12-4-5-16-11(8-12)9-13(20-16)10-19-15-2-1-3-17-14(15)6-7-21-17/h4-8,13,15,19H,1-3,9-10H2. The third kappa shape index (κ3) is 2.58. The molecule has 1 aliphatic carbocycles. The van der Waals surface area contributed by atoms with E-state index in [1.54, 1.807) is 12.1 Å². The first-order chi connectivity index (χ1) is 10.3. The summed E-state index contributed by atoms with van der Waals surface area (Å²) in [6.07, 6.45) is 4.57. The molecule has 0 saturated carbocycles. The van der Waals surface area contributed by atoms with Crippen LogP contribution in [0, 0.1) is 5.82 Å². The number of benzene rings is 1. The fourth-order valence-corrected chi connectivity index (χ4v) is 4.36. The van der Waals surface area contributed by atoms with E-state index in [1.807, 2.05) is 11.3 Å². The molecule has 110 valence electrons. The van der Waals surface area contributed by atoms with Crippen molar-refractivity contribution in [3.05, 3.63) is 51.5 Å². The minimum absolute atomic E-state index is 0.116. The van der Waals surface area contributed by atoms with Crippen LogP contribution >= 0.6 is 11.3 Å². The van der Waals surface area contributed by atoms with E-state index in [2.05, 4.69) is 16.8 Å². The molecular formula is C17H18FNOS. The van der Waals surface area contributed by atoms with Gasteiger partial charge in [-0.1, -0.05) is 0 Å². The third-order valence-electron chi connectivity index (χ3n) is 4.41. The predicted molar refractivity (Wildman–Crippen MR) is 82.5 cm³/mol. The van der Waals surface area contributed by atoms with Gasteiger partial charge in [-0.2, -0.15) is 0 Å². The van der Waals surface area contributed by atoms with Crippen LogP contribution in [0.3, 0.4) is 0 Å². The van der Waals surface area contributed by atoms with Crippen LogP contribution < -0.4 is 10.1 Å². The van der Waals surface area contributed by atoms with Crippen molar-refractivity contribution in [2.75, 3.05) is 6.54 Å². The Labute approximate surface area is 128 Å². The average Bonchev–Trinajstić information content (AvgIpc) is 3.10. The molecule has 0 saturated heterocycles. The Kier molecular flexibility index (Phi) is 3.43. The molecule has 2 atom stereocenters. The quantitative estimate of drug-likeness (QED) is 0.929. The van der Waals surface area contributed by atoms with Crippen LogP contribution in [0.25, 0.3) is 0 Å². The summed E-state index contributed by atoms with van der Waals surface area (Å²) in [4.78, 5) is 1.52. The Balaban J connectivity index is 1.39. The molecule has 4 heteroatoms. The Morgan fingerprint density at radius 3 is 3.24 bits per heavy atom. The second kappa shape index (κ2) is 5.43. The summed E-state index contributed by atoms with van der Waals surface area (Å²) in [5.41, 5.74) is 2.45. The van der Waals surface area contributed by atoms with Crippen LogP contribution in [0.4, 0.5) is 4.39 Å². The van der Waals surface area contributed by atoms with E-state index < -0.39 is 0 Å². The van der Waals surface area contributed by atoms with E-state index in [1.165, 1.54) is 35.8 Å². The summed E-state index contributed by atoms with van der Waals surface area (Å²) in [7, 11) is 0. The van der Waals surface area contributed by atoms with Gasteiger partial charge in [-0.3, -0.25) is 0 Å². The maximum atomic E-state index is 13.2. The normalized spacial score (nSPS) is 23.5. The number of fused-ring (bicyclic) bond motifs is 2. The van der Waals surface area contributed by atoms with Crippen molar-refractivity contribution in [2.24, 2.45) is 0 Å². The molecule has 0 fully saturated rings. The van der Waals surface area contributed by atoms with Gasteiger partial charge in [0, 0.05) is 29.4 Å². The van der Waals surface area contributed by atoms with Gasteiger partial charge in [0.1, 0.15) is 17.7 Å². The molecule has 1 N–H and O–H groups in total. The van der Waals surface area contributed by atoms with Crippen LogP contribution in [0.1, 0.15) is 34.9 Å². The molecule has 2 aromatic rings. The van der Waals surface area contributed by atoms with Crippen molar-refractivity contribution in [1.82, 2.24) is 5.32 Å². The van der Waals surface area contributed by atoms with Gasteiger partial charge in [0.25, 0.3) is 0 Å². The fourth-order valence-electron chi connectivity index (χ4n) is 3.38. The molecule has 4 rings (SSSR count). The van der Waals surface area contributed by atoms with E-state index in [4.69, 9.17) is 4.74 Å². The van der Waals surface area contributed by atoms with Crippen molar-refractivity contribution in [3.8, 4) is 5.75 Å². The number of ether oxygens (including phenoxy) is 1. The molecule has 21 heavy (non-hydrogen) atoms. The SMILES string of the molecule is Fc1ccc2c(c1)CC(CNC1CCCc3sccc31)O2. The highest BCUT2D eigenvalue weighted by atomic mass is 32.1. The summed E-state index contributed by atoms with van der Waals surface area (Å²) in [6.45, 7) is 0.816. The molecule has 2 unspecified atom stereocenters. The highest BCUT2D eigenvalue weighted by Gasteiger charge is 2.26. The first-order valence-corrected chi connectivity index (χ1v) is 8.42. The molecule has 1 aromatic carbocycles. The average molecular weight is 303 g/mol. The first kappa shape index (κ1) is 13.3. The minimum Gasteiger partial charge on any atom is -0.488 e. The van der Waals surface area contributed by atoms with Gasteiger partial charge >= 0.3 is 0 Å². The number of hydrogen-bond donors (Lipinski definition) is 1. The van der Waals surface area contributed by atoms with Crippen LogP contribution in [0.5, 0.6) is 5.75 Å². The fraction of sp³-hybridized carbons (Fsp3) is 0.412. The lowest BCUT2D eigenvalue weighted by atomic mass is 9.94. The predicted octanol–water partition coefficient (Wildman–Crippen LogP) is 3.86. The highest BCUT2D eigenvalue weighted by molar-refractivity contribution is 7.10.